The lowest BCUT2D eigenvalue weighted by atomic mass is 9.97. The zero-order chi connectivity index (χ0) is 16.8. The summed E-state index contributed by atoms with van der Waals surface area (Å²) in [5.41, 5.74) is 0.688. The highest BCUT2D eigenvalue weighted by Crippen LogP contribution is 2.24. The molecule has 0 saturated carbocycles. The van der Waals surface area contributed by atoms with E-state index in [4.69, 9.17) is 4.74 Å². The second-order valence-electron chi connectivity index (χ2n) is 6.26. The first-order valence-electron chi connectivity index (χ1n) is 8.53. The molecule has 134 valence electrons. The Morgan fingerprint density at radius 3 is 2.68 bits per heavy atom. The number of amides is 1. The Kier molecular flexibility index (Phi) is 7.29. The smallest absolute Gasteiger partial charge is 0.253 e. The second-order valence-corrected chi connectivity index (χ2v) is 6.26. The van der Waals surface area contributed by atoms with Gasteiger partial charge < -0.3 is 15.0 Å². The van der Waals surface area contributed by atoms with Crippen molar-refractivity contribution >= 4 is 18.3 Å². The molecule has 4 nitrogen and oxygen atoms in total. The van der Waals surface area contributed by atoms with Crippen molar-refractivity contribution in [3.8, 4) is 11.5 Å². The molecule has 2 aromatic carbocycles. The predicted molar refractivity (Wildman–Crippen MR) is 103 cm³/mol. The minimum Gasteiger partial charge on any atom is -0.457 e. The van der Waals surface area contributed by atoms with E-state index in [9.17, 15) is 4.79 Å². The number of halogens is 1. The van der Waals surface area contributed by atoms with Crippen LogP contribution in [0.5, 0.6) is 11.5 Å². The third kappa shape index (κ3) is 5.21. The summed E-state index contributed by atoms with van der Waals surface area (Å²) in [7, 11) is 1.96. The molecular weight excluding hydrogens is 336 g/mol. The summed E-state index contributed by atoms with van der Waals surface area (Å²) >= 11 is 0. The molecule has 0 aliphatic carbocycles. The van der Waals surface area contributed by atoms with Crippen LogP contribution in [0.4, 0.5) is 0 Å². The Hall–Kier alpha value is -2.04. The first-order chi connectivity index (χ1) is 11.8. The predicted octanol–water partition coefficient (Wildman–Crippen LogP) is 3.97. The van der Waals surface area contributed by atoms with E-state index in [0.29, 0.717) is 17.2 Å². The zero-order valence-corrected chi connectivity index (χ0v) is 15.3. The van der Waals surface area contributed by atoms with E-state index in [2.05, 4.69) is 5.32 Å². The van der Waals surface area contributed by atoms with E-state index >= 15 is 0 Å². The number of hydrogen-bond donors (Lipinski definition) is 1. The van der Waals surface area contributed by atoms with Gasteiger partial charge in [-0.3, -0.25) is 4.79 Å². The van der Waals surface area contributed by atoms with Gasteiger partial charge in [-0.05, 0) is 62.7 Å². The van der Waals surface area contributed by atoms with Gasteiger partial charge in [-0.2, -0.15) is 0 Å². The number of likely N-dealkylation sites (tertiary alicyclic amines) is 1. The van der Waals surface area contributed by atoms with Gasteiger partial charge in [0.25, 0.3) is 5.91 Å². The summed E-state index contributed by atoms with van der Waals surface area (Å²) in [6.45, 7) is 2.62. The van der Waals surface area contributed by atoms with Crippen molar-refractivity contribution in [3.63, 3.8) is 0 Å². The number of rotatable bonds is 5. The average molecular weight is 361 g/mol. The van der Waals surface area contributed by atoms with Gasteiger partial charge >= 0.3 is 0 Å². The molecule has 1 aliphatic heterocycles. The number of ether oxygens (including phenoxy) is 1. The lowest BCUT2D eigenvalue weighted by Crippen LogP contribution is -2.42. The molecular formula is C20H25ClN2O2. The fourth-order valence-corrected chi connectivity index (χ4v) is 3.20. The molecule has 5 heteroatoms. The summed E-state index contributed by atoms with van der Waals surface area (Å²) in [6.07, 6.45) is 2.25. The third-order valence-corrected chi connectivity index (χ3v) is 4.36. The molecule has 0 radical (unpaired) electrons. The Morgan fingerprint density at radius 2 is 1.92 bits per heavy atom. The Labute approximate surface area is 155 Å². The molecule has 1 saturated heterocycles. The highest BCUT2D eigenvalue weighted by atomic mass is 35.5. The number of carbonyl (C=O) groups is 1. The van der Waals surface area contributed by atoms with Gasteiger partial charge in [0.15, 0.2) is 0 Å². The molecule has 3 rings (SSSR count). The minimum absolute atomic E-state index is 0. The van der Waals surface area contributed by atoms with Gasteiger partial charge in [0.1, 0.15) is 11.5 Å². The lowest BCUT2D eigenvalue weighted by Gasteiger charge is -2.32. The van der Waals surface area contributed by atoms with Crippen LogP contribution < -0.4 is 10.1 Å². The van der Waals surface area contributed by atoms with Crippen molar-refractivity contribution in [3.05, 3.63) is 60.2 Å². The van der Waals surface area contributed by atoms with Gasteiger partial charge in [0.2, 0.25) is 0 Å². The van der Waals surface area contributed by atoms with Crippen molar-refractivity contribution in [2.24, 2.45) is 5.92 Å². The molecule has 0 aromatic heterocycles. The summed E-state index contributed by atoms with van der Waals surface area (Å²) in [4.78, 5) is 14.8. The number of nitrogens with zero attached hydrogens (tertiary/aromatic N) is 1. The summed E-state index contributed by atoms with van der Waals surface area (Å²) < 4.78 is 5.84. The van der Waals surface area contributed by atoms with Gasteiger partial charge in [0.05, 0.1) is 0 Å². The van der Waals surface area contributed by atoms with Crippen LogP contribution in [0.1, 0.15) is 23.2 Å². The number of nitrogens with one attached hydrogen (secondary N) is 1. The normalized spacial score (nSPS) is 16.8. The van der Waals surface area contributed by atoms with E-state index < -0.39 is 0 Å². The van der Waals surface area contributed by atoms with Crippen molar-refractivity contribution in [1.82, 2.24) is 10.2 Å². The average Bonchev–Trinajstić information content (AvgIpc) is 2.63. The molecule has 25 heavy (non-hydrogen) atoms. The van der Waals surface area contributed by atoms with Crippen LogP contribution in [0.15, 0.2) is 54.6 Å². The highest BCUT2D eigenvalue weighted by Gasteiger charge is 2.24. The van der Waals surface area contributed by atoms with E-state index in [1.165, 1.54) is 6.42 Å². The van der Waals surface area contributed by atoms with Crippen LogP contribution in [0, 0.1) is 5.92 Å². The number of carbonyl (C=O) groups excluding carboxylic acids is 1. The molecule has 1 aliphatic rings. The maximum Gasteiger partial charge on any atom is 0.253 e. The molecule has 1 fully saturated rings. The van der Waals surface area contributed by atoms with Gasteiger partial charge in [-0.25, -0.2) is 0 Å². The number of para-hydroxylation sites is 1. The van der Waals surface area contributed by atoms with Crippen LogP contribution in [0.25, 0.3) is 0 Å². The van der Waals surface area contributed by atoms with E-state index in [-0.39, 0.29) is 18.3 Å². The quantitative estimate of drug-likeness (QED) is 0.877. The Morgan fingerprint density at radius 1 is 1.16 bits per heavy atom. The topological polar surface area (TPSA) is 41.6 Å². The zero-order valence-electron chi connectivity index (χ0n) is 14.5. The lowest BCUT2D eigenvalue weighted by molar-refractivity contribution is 0.0674. The van der Waals surface area contributed by atoms with Crippen LogP contribution in [-0.2, 0) is 0 Å². The number of hydrogen-bond acceptors (Lipinski definition) is 3. The molecule has 0 spiro atoms. The van der Waals surface area contributed by atoms with Crippen LogP contribution in [0.2, 0.25) is 0 Å². The van der Waals surface area contributed by atoms with E-state index in [1.807, 2.05) is 66.5 Å². The fraction of sp³-hybridized carbons (Fsp3) is 0.350. The molecule has 0 bridgehead atoms. The summed E-state index contributed by atoms with van der Waals surface area (Å²) in [5, 5.41) is 3.22. The van der Waals surface area contributed by atoms with Gasteiger partial charge in [-0.1, -0.05) is 24.3 Å². The molecule has 1 heterocycles. The standard InChI is InChI=1S/C20H24N2O2.ClH/c1-21-14-16-7-6-12-22(15-16)20(23)17-8-5-11-19(13-17)24-18-9-3-2-4-10-18;/h2-5,8-11,13,16,21H,6-7,12,14-15H2,1H3;1H. The Balaban J connectivity index is 0.00000225. The SMILES string of the molecule is CNCC1CCCN(C(=O)c2cccc(Oc3ccccc3)c2)C1.Cl. The fourth-order valence-electron chi connectivity index (χ4n) is 3.20. The summed E-state index contributed by atoms with van der Waals surface area (Å²) in [5.74, 6) is 2.09. The maximum absolute atomic E-state index is 12.8. The molecule has 2 aromatic rings. The molecule has 1 atom stereocenters. The van der Waals surface area contributed by atoms with Crippen molar-refractivity contribution in [2.45, 2.75) is 12.8 Å². The third-order valence-electron chi connectivity index (χ3n) is 4.36. The second kappa shape index (κ2) is 9.44. The van der Waals surface area contributed by atoms with Gasteiger partial charge in [-0.15, -0.1) is 12.4 Å². The maximum atomic E-state index is 12.8. The number of piperidine rings is 1. The Bertz CT molecular complexity index is 676. The first kappa shape index (κ1) is 19.3. The molecule has 1 amide bonds. The highest BCUT2D eigenvalue weighted by molar-refractivity contribution is 5.94. The van der Waals surface area contributed by atoms with Crippen molar-refractivity contribution < 1.29 is 9.53 Å². The van der Waals surface area contributed by atoms with Crippen LogP contribution in [-0.4, -0.2) is 37.5 Å². The van der Waals surface area contributed by atoms with Crippen molar-refractivity contribution in [2.75, 3.05) is 26.7 Å². The van der Waals surface area contributed by atoms with E-state index in [1.54, 1.807) is 0 Å². The van der Waals surface area contributed by atoms with Gasteiger partial charge in [0, 0.05) is 18.7 Å². The van der Waals surface area contributed by atoms with Crippen molar-refractivity contribution in [1.29, 1.82) is 0 Å². The monoisotopic (exact) mass is 360 g/mol. The molecule has 1 N–H and O–H groups in total. The molecule has 1 unspecified atom stereocenters. The number of benzene rings is 2. The first-order valence-corrected chi connectivity index (χ1v) is 8.53. The van der Waals surface area contributed by atoms with Crippen LogP contribution >= 0.6 is 12.4 Å². The van der Waals surface area contributed by atoms with E-state index in [0.717, 1.165) is 31.8 Å². The van der Waals surface area contributed by atoms with Crippen LogP contribution in [0.3, 0.4) is 0 Å². The minimum atomic E-state index is 0. The largest absolute Gasteiger partial charge is 0.457 e. The summed E-state index contributed by atoms with van der Waals surface area (Å²) in [6, 6.07) is 17.1.